The van der Waals surface area contributed by atoms with Gasteiger partial charge >= 0.3 is 0 Å². The number of carbonyl (C=O) groups excluding carboxylic acids is 2. The fraction of sp³-hybridized carbons (Fsp3) is 0.385. The highest BCUT2D eigenvalue weighted by molar-refractivity contribution is 6.40. The van der Waals surface area contributed by atoms with E-state index in [1.54, 1.807) is 19.0 Å². The van der Waals surface area contributed by atoms with Crippen LogP contribution in [0.25, 0.3) is 0 Å². The molecular formula is C13H18Cl2N4O2. The summed E-state index contributed by atoms with van der Waals surface area (Å²) < 4.78 is 0. The van der Waals surface area contributed by atoms with Gasteiger partial charge in [-0.3, -0.25) is 14.5 Å². The molecule has 0 spiro atoms. The first-order valence-electron chi connectivity index (χ1n) is 6.27. The third-order valence-corrected chi connectivity index (χ3v) is 3.34. The summed E-state index contributed by atoms with van der Waals surface area (Å²) in [5, 5.41) is 5.72. The van der Waals surface area contributed by atoms with Crippen LogP contribution < -0.4 is 16.4 Å². The van der Waals surface area contributed by atoms with Crippen molar-refractivity contribution in [1.29, 1.82) is 0 Å². The molecule has 0 radical (unpaired) electrons. The summed E-state index contributed by atoms with van der Waals surface area (Å²) in [6.45, 7) is 0.588. The maximum atomic E-state index is 11.9. The Balaban J connectivity index is 2.56. The molecule has 0 aliphatic rings. The monoisotopic (exact) mass is 332 g/mol. The van der Waals surface area contributed by atoms with Crippen molar-refractivity contribution >= 4 is 46.4 Å². The molecule has 0 aliphatic carbocycles. The van der Waals surface area contributed by atoms with Gasteiger partial charge in [0.1, 0.15) is 0 Å². The van der Waals surface area contributed by atoms with Crippen LogP contribution in [0.2, 0.25) is 10.0 Å². The number of hydrogen-bond acceptors (Lipinski definition) is 4. The van der Waals surface area contributed by atoms with Crippen molar-refractivity contribution in [3.8, 4) is 0 Å². The average molecular weight is 333 g/mol. The number of anilines is 2. The minimum Gasteiger partial charge on any atom is -0.399 e. The van der Waals surface area contributed by atoms with Crippen molar-refractivity contribution < 1.29 is 9.59 Å². The Labute approximate surface area is 133 Å². The molecule has 0 heterocycles. The molecule has 0 aliphatic heterocycles. The van der Waals surface area contributed by atoms with Gasteiger partial charge in [-0.2, -0.15) is 0 Å². The van der Waals surface area contributed by atoms with Crippen LogP contribution in [0.4, 0.5) is 11.4 Å². The first kappa shape index (κ1) is 17.6. The van der Waals surface area contributed by atoms with Crippen LogP contribution in [0, 0.1) is 0 Å². The van der Waals surface area contributed by atoms with E-state index in [2.05, 4.69) is 10.6 Å². The normalized spacial score (nSPS) is 10.5. The number of benzene rings is 1. The third kappa shape index (κ3) is 5.79. The molecule has 0 fully saturated rings. The van der Waals surface area contributed by atoms with Gasteiger partial charge in [-0.1, -0.05) is 23.2 Å². The molecule has 6 nitrogen and oxygen atoms in total. The summed E-state index contributed by atoms with van der Waals surface area (Å²) in [4.78, 5) is 24.8. The lowest BCUT2D eigenvalue weighted by atomic mass is 10.2. The zero-order chi connectivity index (χ0) is 16.0. The Morgan fingerprint density at radius 2 is 1.81 bits per heavy atom. The van der Waals surface area contributed by atoms with E-state index >= 15 is 0 Å². The van der Waals surface area contributed by atoms with E-state index in [0.717, 1.165) is 0 Å². The fourth-order valence-electron chi connectivity index (χ4n) is 1.63. The summed E-state index contributed by atoms with van der Waals surface area (Å²) in [5.74, 6) is -0.352. The molecule has 0 saturated carbocycles. The van der Waals surface area contributed by atoms with Crippen molar-refractivity contribution in [2.24, 2.45) is 0 Å². The van der Waals surface area contributed by atoms with Gasteiger partial charge in [-0.25, -0.2) is 0 Å². The summed E-state index contributed by atoms with van der Waals surface area (Å²) in [6.07, 6.45) is 0.323. The number of likely N-dealkylation sites (N-methyl/N-ethyl adjacent to an activating group) is 1. The molecule has 0 aromatic heterocycles. The second-order valence-corrected chi connectivity index (χ2v) is 5.38. The molecule has 1 aromatic rings. The van der Waals surface area contributed by atoms with Gasteiger partial charge in [0.2, 0.25) is 11.8 Å². The lowest BCUT2D eigenvalue weighted by Gasteiger charge is -2.16. The van der Waals surface area contributed by atoms with E-state index in [0.29, 0.717) is 24.3 Å². The van der Waals surface area contributed by atoms with Crippen LogP contribution in [0.15, 0.2) is 12.1 Å². The number of nitrogens with one attached hydrogen (secondary N) is 2. The maximum Gasteiger partial charge on any atom is 0.238 e. The molecule has 0 atom stereocenters. The summed E-state index contributed by atoms with van der Waals surface area (Å²) in [5.41, 5.74) is 6.35. The number of nitrogen functional groups attached to an aromatic ring is 1. The Kier molecular flexibility index (Phi) is 6.74. The van der Waals surface area contributed by atoms with Crippen LogP contribution >= 0.6 is 23.2 Å². The lowest BCUT2D eigenvalue weighted by molar-refractivity contribution is -0.122. The molecule has 2 amide bonds. The van der Waals surface area contributed by atoms with Gasteiger partial charge in [0, 0.05) is 25.7 Å². The van der Waals surface area contributed by atoms with Crippen molar-refractivity contribution in [2.75, 3.05) is 38.2 Å². The lowest BCUT2D eigenvalue weighted by Crippen LogP contribution is -2.33. The molecular weight excluding hydrogens is 315 g/mol. The van der Waals surface area contributed by atoms with E-state index in [1.165, 1.54) is 12.1 Å². The Bertz CT molecular complexity index is 514. The van der Waals surface area contributed by atoms with Crippen LogP contribution in [-0.4, -0.2) is 43.9 Å². The molecule has 4 N–H and O–H groups in total. The first-order valence-corrected chi connectivity index (χ1v) is 7.02. The van der Waals surface area contributed by atoms with Crippen LogP contribution in [0.5, 0.6) is 0 Å². The standard InChI is InChI=1S/C13H18Cl2N4O2/c1-17-11(20)3-4-19(2)7-12(21)18-13-9(14)5-8(16)6-10(13)15/h5-6H,3-4,7,16H2,1-2H3,(H,17,20)(H,18,21). The van der Waals surface area contributed by atoms with Crippen LogP contribution in [0.1, 0.15) is 6.42 Å². The minimum atomic E-state index is -0.275. The summed E-state index contributed by atoms with van der Waals surface area (Å²) >= 11 is 12.0. The maximum absolute atomic E-state index is 11.9. The van der Waals surface area contributed by atoms with Crippen LogP contribution in [0.3, 0.4) is 0 Å². The van der Waals surface area contributed by atoms with Gasteiger partial charge in [-0.05, 0) is 19.2 Å². The second-order valence-electron chi connectivity index (χ2n) is 4.57. The van der Waals surface area contributed by atoms with E-state index < -0.39 is 0 Å². The topological polar surface area (TPSA) is 87.5 Å². The number of nitrogens with zero attached hydrogens (tertiary/aromatic N) is 1. The predicted octanol–water partition coefficient (Wildman–Crippen LogP) is 1.58. The third-order valence-electron chi connectivity index (χ3n) is 2.74. The molecule has 21 heavy (non-hydrogen) atoms. The van der Waals surface area contributed by atoms with Crippen molar-refractivity contribution in [1.82, 2.24) is 10.2 Å². The highest BCUT2D eigenvalue weighted by Crippen LogP contribution is 2.32. The van der Waals surface area contributed by atoms with Crippen molar-refractivity contribution in [3.63, 3.8) is 0 Å². The zero-order valence-electron chi connectivity index (χ0n) is 11.9. The highest BCUT2D eigenvalue weighted by Gasteiger charge is 2.13. The number of amides is 2. The van der Waals surface area contributed by atoms with E-state index in [4.69, 9.17) is 28.9 Å². The molecule has 8 heteroatoms. The molecule has 0 unspecified atom stereocenters. The van der Waals surface area contributed by atoms with Crippen molar-refractivity contribution in [2.45, 2.75) is 6.42 Å². The zero-order valence-corrected chi connectivity index (χ0v) is 13.4. The number of carbonyl (C=O) groups is 2. The highest BCUT2D eigenvalue weighted by atomic mass is 35.5. The van der Waals surface area contributed by atoms with Gasteiger partial charge in [0.15, 0.2) is 0 Å². The smallest absolute Gasteiger partial charge is 0.238 e. The molecule has 1 aromatic carbocycles. The SMILES string of the molecule is CNC(=O)CCN(C)CC(=O)Nc1c(Cl)cc(N)cc1Cl. The molecule has 0 bridgehead atoms. The minimum absolute atomic E-state index is 0.0770. The molecule has 0 saturated heterocycles. The van der Waals surface area contributed by atoms with Crippen LogP contribution in [-0.2, 0) is 9.59 Å². The van der Waals surface area contributed by atoms with Gasteiger partial charge in [0.25, 0.3) is 0 Å². The van der Waals surface area contributed by atoms with E-state index in [-0.39, 0.29) is 28.4 Å². The Morgan fingerprint density at radius 3 is 2.33 bits per heavy atom. The summed E-state index contributed by atoms with van der Waals surface area (Å²) in [7, 11) is 3.31. The van der Waals surface area contributed by atoms with Crippen molar-refractivity contribution in [3.05, 3.63) is 22.2 Å². The Morgan fingerprint density at radius 1 is 1.24 bits per heavy atom. The fourth-order valence-corrected chi connectivity index (χ4v) is 2.23. The van der Waals surface area contributed by atoms with Gasteiger partial charge < -0.3 is 16.4 Å². The number of hydrogen-bond donors (Lipinski definition) is 3. The predicted molar refractivity (Wildman–Crippen MR) is 85.7 cm³/mol. The number of nitrogens with two attached hydrogens (primary N) is 1. The van der Waals surface area contributed by atoms with E-state index in [1.807, 2.05) is 0 Å². The summed E-state index contributed by atoms with van der Waals surface area (Å²) in [6, 6.07) is 3.02. The largest absolute Gasteiger partial charge is 0.399 e. The second kappa shape index (κ2) is 8.07. The number of rotatable bonds is 6. The van der Waals surface area contributed by atoms with Gasteiger partial charge in [0.05, 0.1) is 22.3 Å². The molecule has 116 valence electrons. The number of halogens is 2. The van der Waals surface area contributed by atoms with Gasteiger partial charge in [-0.15, -0.1) is 0 Å². The quantitative estimate of drug-likeness (QED) is 0.690. The first-order chi connectivity index (χ1) is 9.83. The average Bonchev–Trinajstić information content (AvgIpc) is 2.40. The van der Waals surface area contributed by atoms with E-state index in [9.17, 15) is 9.59 Å². The molecule has 1 rings (SSSR count). The Hall–Kier alpha value is -1.50.